The van der Waals surface area contributed by atoms with Crippen molar-refractivity contribution in [2.24, 2.45) is 10.8 Å². The van der Waals surface area contributed by atoms with Crippen LogP contribution < -0.4 is 11.1 Å². The Balaban J connectivity index is 0.000000204. The Bertz CT molecular complexity index is 1260. The highest BCUT2D eigenvalue weighted by Gasteiger charge is 2.16. The van der Waals surface area contributed by atoms with Gasteiger partial charge in [-0.1, -0.05) is 53.7 Å². The van der Waals surface area contributed by atoms with Crippen LogP contribution in [-0.2, 0) is 9.59 Å². The molecule has 1 amide bonds. The molecule has 0 saturated heterocycles. The van der Waals surface area contributed by atoms with Crippen LogP contribution in [0.3, 0.4) is 0 Å². The van der Waals surface area contributed by atoms with Gasteiger partial charge in [-0.15, -0.1) is 0 Å². The van der Waals surface area contributed by atoms with Gasteiger partial charge in [-0.3, -0.25) is 19.8 Å². The van der Waals surface area contributed by atoms with E-state index >= 15 is 0 Å². The largest absolute Gasteiger partial charge is 0.398 e. The van der Waals surface area contributed by atoms with Crippen LogP contribution in [0.4, 0.5) is 11.4 Å². The topological polar surface area (TPSA) is 130 Å². The molecule has 0 atom stereocenters. The summed E-state index contributed by atoms with van der Waals surface area (Å²) in [5.41, 5.74) is 9.17. The summed E-state index contributed by atoms with van der Waals surface area (Å²) < 4.78 is 0. The standard InChI is InChI=1S/C13H17N3O.C7H7N3.C6H11ClO/c1-13(2,3)7-12(17)15-10-5-4-6-11-9(10)8-14-16-11;8-6-2-1-3-7-5(6)4-9-10-7;1-6(2,3)4-5(7)8/h4-6,8H,7H2,1-3H3,(H,14,16)(H,15,17);1-4H,8H2,(H,9,10);4H2,1-3H3. The zero-order chi connectivity index (χ0) is 26.2. The number of hydrogen-bond donors (Lipinski definition) is 4. The lowest BCUT2D eigenvalue weighted by molar-refractivity contribution is -0.118. The number of nitrogen functional groups attached to an aromatic ring is 1. The average molecular weight is 499 g/mol. The molecule has 188 valence electrons. The van der Waals surface area contributed by atoms with Gasteiger partial charge in [0.05, 0.1) is 29.1 Å². The molecule has 0 fully saturated rings. The van der Waals surface area contributed by atoms with Crippen LogP contribution in [0, 0.1) is 10.8 Å². The maximum atomic E-state index is 11.9. The summed E-state index contributed by atoms with van der Waals surface area (Å²) in [5, 5.41) is 18.1. The second kappa shape index (κ2) is 11.8. The van der Waals surface area contributed by atoms with Gasteiger partial charge in [-0.2, -0.15) is 10.2 Å². The molecule has 35 heavy (non-hydrogen) atoms. The minimum absolute atomic E-state index is 0.00558. The summed E-state index contributed by atoms with van der Waals surface area (Å²) >= 11 is 5.12. The number of amides is 1. The van der Waals surface area contributed by atoms with Crippen LogP contribution in [0.15, 0.2) is 48.8 Å². The Kier molecular flexibility index (Phi) is 9.42. The van der Waals surface area contributed by atoms with E-state index in [9.17, 15) is 9.59 Å². The first-order valence-corrected chi connectivity index (χ1v) is 11.7. The zero-order valence-electron chi connectivity index (χ0n) is 21.2. The van der Waals surface area contributed by atoms with Crippen molar-refractivity contribution in [2.45, 2.75) is 54.4 Å². The molecule has 4 rings (SSSR count). The molecule has 2 heterocycles. The van der Waals surface area contributed by atoms with E-state index in [0.717, 1.165) is 33.2 Å². The number of halogens is 1. The summed E-state index contributed by atoms with van der Waals surface area (Å²) in [4.78, 5) is 22.1. The normalized spacial score (nSPS) is 11.3. The predicted molar refractivity (Wildman–Crippen MR) is 144 cm³/mol. The Morgan fingerprint density at radius 2 is 1.37 bits per heavy atom. The fraction of sp³-hybridized carbons (Fsp3) is 0.385. The third-order valence-corrected chi connectivity index (χ3v) is 4.77. The summed E-state index contributed by atoms with van der Waals surface area (Å²) in [6.45, 7) is 12.1. The monoisotopic (exact) mass is 498 g/mol. The lowest BCUT2D eigenvalue weighted by atomic mass is 9.92. The minimum Gasteiger partial charge on any atom is -0.398 e. The molecule has 0 saturated carbocycles. The Morgan fingerprint density at radius 1 is 0.857 bits per heavy atom. The smallest absolute Gasteiger partial charge is 0.224 e. The van der Waals surface area contributed by atoms with Crippen molar-refractivity contribution < 1.29 is 9.59 Å². The fourth-order valence-corrected chi connectivity index (χ4v) is 3.56. The number of fused-ring (bicyclic) bond motifs is 2. The van der Waals surface area contributed by atoms with E-state index < -0.39 is 0 Å². The highest BCUT2D eigenvalue weighted by Crippen LogP contribution is 2.24. The number of anilines is 2. The van der Waals surface area contributed by atoms with Crippen molar-refractivity contribution in [2.75, 3.05) is 11.1 Å². The fourth-order valence-electron chi connectivity index (χ4n) is 3.16. The van der Waals surface area contributed by atoms with E-state index in [1.54, 1.807) is 12.4 Å². The number of carbonyl (C=O) groups is 2. The molecule has 4 aromatic rings. The van der Waals surface area contributed by atoms with Gasteiger partial charge in [0.1, 0.15) is 0 Å². The van der Waals surface area contributed by atoms with Crippen molar-refractivity contribution >= 4 is 55.9 Å². The first kappa shape index (κ1) is 27.9. The summed E-state index contributed by atoms with van der Waals surface area (Å²) in [5.74, 6) is 0.0335. The molecule has 2 aromatic carbocycles. The van der Waals surface area contributed by atoms with Crippen molar-refractivity contribution in [1.82, 2.24) is 20.4 Å². The Morgan fingerprint density at radius 3 is 1.86 bits per heavy atom. The number of aromatic amines is 2. The minimum atomic E-state index is -0.252. The third-order valence-electron chi connectivity index (χ3n) is 4.64. The van der Waals surface area contributed by atoms with E-state index in [1.807, 2.05) is 77.9 Å². The molecular weight excluding hydrogens is 464 g/mol. The van der Waals surface area contributed by atoms with Gasteiger partial charge in [-0.05, 0) is 46.7 Å². The quantitative estimate of drug-likeness (QED) is 0.195. The molecule has 2 aromatic heterocycles. The number of benzene rings is 2. The second-order valence-corrected chi connectivity index (χ2v) is 11.1. The second-order valence-electron chi connectivity index (χ2n) is 10.7. The maximum Gasteiger partial charge on any atom is 0.224 e. The average Bonchev–Trinajstić information content (AvgIpc) is 3.36. The molecule has 0 unspecified atom stereocenters. The molecule has 9 heteroatoms. The molecule has 8 nitrogen and oxygen atoms in total. The number of nitrogens with two attached hydrogens (primary N) is 1. The highest BCUT2D eigenvalue weighted by atomic mass is 35.5. The number of carbonyl (C=O) groups excluding carboxylic acids is 2. The zero-order valence-corrected chi connectivity index (χ0v) is 22.0. The molecule has 0 spiro atoms. The van der Waals surface area contributed by atoms with Crippen LogP contribution in [-0.4, -0.2) is 31.5 Å². The molecule has 0 bridgehead atoms. The number of rotatable bonds is 3. The lowest BCUT2D eigenvalue weighted by Crippen LogP contribution is -2.19. The van der Waals surface area contributed by atoms with Gasteiger partial charge in [-0.25, -0.2) is 0 Å². The number of aromatic nitrogens is 4. The maximum absolute atomic E-state index is 11.9. The molecule has 0 aliphatic carbocycles. The molecular formula is C26H35ClN6O2. The molecule has 5 N–H and O–H groups in total. The first-order chi connectivity index (χ1) is 16.2. The van der Waals surface area contributed by atoms with Crippen LogP contribution >= 0.6 is 11.6 Å². The SMILES string of the molecule is CC(C)(C)CC(=O)Cl.CC(C)(C)CC(=O)Nc1cccc2[nH]ncc12.Nc1cccc2[nH]ncc12. The van der Waals surface area contributed by atoms with E-state index in [1.165, 1.54) is 0 Å². The van der Waals surface area contributed by atoms with E-state index in [4.69, 9.17) is 17.3 Å². The van der Waals surface area contributed by atoms with Crippen LogP contribution in [0.25, 0.3) is 21.8 Å². The molecule has 0 aliphatic rings. The molecule has 0 aliphatic heterocycles. The Hall–Kier alpha value is -3.39. The van der Waals surface area contributed by atoms with Gasteiger partial charge >= 0.3 is 0 Å². The number of hydrogen-bond acceptors (Lipinski definition) is 5. The van der Waals surface area contributed by atoms with Crippen LogP contribution in [0.1, 0.15) is 54.4 Å². The molecule has 0 radical (unpaired) electrons. The number of nitrogens with zero attached hydrogens (tertiary/aromatic N) is 2. The van der Waals surface area contributed by atoms with Gasteiger partial charge in [0.25, 0.3) is 0 Å². The van der Waals surface area contributed by atoms with Crippen molar-refractivity contribution in [3.8, 4) is 0 Å². The van der Waals surface area contributed by atoms with E-state index in [2.05, 4.69) is 25.7 Å². The van der Waals surface area contributed by atoms with E-state index in [-0.39, 0.29) is 22.0 Å². The van der Waals surface area contributed by atoms with E-state index in [0.29, 0.717) is 12.8 Å². The highest BCUT2D eigenvalue weighted by molar-refractivity contribution is 6.63. The number of H-pyrrole nitrogens is 2. The summed E-state index contributed by atoms with van der Waals surface area (Å²) in [7, 11) is 0. The third kappa shape index (κ3) is 9.78. The van der Waals surface area contributed by atoms with Crippen LogP contribution in [0.2, 0.25) is 0 Å². The summed E-state index contributed by atoms with van der Waals surface area (Å²) in [6, 6.07) is 11.4. The van der Waals surface area contributed by atoms with Gasteiger partial charge in [0.15, 0.2) is 0 Å². The van der Waals surface area contributed by atoms with Gasteiger partial charge < -0.3 is 11.1 Å². The summed E-state index contributed by atoms with van der Waals surface area (Å²) in [6.07, 6.45) is 4.41. The lowest BCUT2D eigenvalue weighted by Gasteiger charge is -2.17. The van der Waals surface area contributed by atoms with Crippen molar-refractivity contribution in [3.63, 3.8) is 0 Å². The van der Waals surface area contributed by atoms with Crippen molar-refractivity contribution in [3.05, 3.63) is 48.8 Å². The Labute approximate surface area is 211 Å². The predicted octanol–water partition coefficient (Wildman–Crippen LogP) is 6.27. The van der Waals surface area contributed by atoms with Gasteiger partial charge in [0.2, 0.25) is 11.1 Å². The first-order valence-electron chi connectivity index (χ1n) is 11.3. The van der Waals surface area contributed by atoms with Crippen LogP contribution in [0.5, 0.6) is 0 Å². The van der Waals surface area contributed by atoms with Crippen molar-refractivity contribution in [1.29, 1.82) is 0 Å². The van der Waals surface area contributed by atoms with Gasteiger partial charge in [0, 0.05) is 29.3 Å². The number of nitrogens with one attached hydrogen (secondary N) is 3.